The number of hydrogen-bond acceptors (Lipinski definition) is 3. The van der Waals surface area contributed by atoms with Crippen molar-refractivity contribution in [1.82, 2.24) is 0 Å². The Balaban J connectivity index is 1.81. The molecule has 124 valence electrons. The average molecular weight is 306 g/mol. The van der Waals surface area contributed by atoms with Gasteiger partial charge in [-0.25, -0.2) is 0 Å². The van der Waals surface area contributed by atoms with Gasteiger partial charge in [-0.2, -0.15) is 0 Å². The van der Waals surface area contributed by atoms with Gasteiger partial charge in [-0.3, -0.25) is 4.79 Å². The topological polar surface area (TPSA) is 35.5 Å². The van der Waals surface area contributed by atoms with Gasteiger partial charge in [0, 0.05) is 0 Å². The minimum Gasteiger partial charge on any atom is -0.431 e. The van der Waals surface area contributed by atoms with E-state index >= 15 is 0 Å². The SMILES string of the molecule is CC1=C2[C@@H](C)C3C(CCC[C@@H]3C)C[C@H]2OC1OC(=O)C(C)C. The summed E-state index contributed by atoms with van der Waals surface area (Å²) >= 11 is 0. The van der Waals surface area contributed by atoms with Gasteiger partial charge in [-0.15, -0.1) is 0 Å². The van der Waals surface area contributed by atoms with Crippen molar-refractivity contribution < 1.29 is 14.3 Å². The Labute approximate surface area is 134 Å². The van der Waals surface area contributed by atoms with Crippen LogP contribution in [0.4, 0.5) is 0 Å². The predicted octanol–water partition coefficient (Wildman–Crippen LogP) is 4.32. The smallest absolute Gasteiger partial charge is 0.310 e. The van der Waals surface area contributed by atoms with Crippen LogP contribution in [0.1, 0.15) is 60.3 Å². The number of hydrogen-bond donors (Lipinski definition) is 0. The lowest BCUT2D eigenvalue weighted by Crippen LogP contribution is -2.41. The van der Waals surface area contributed by atoms with Crippen LogP contribution in [0, 0.1) is 29.6 Å². The van der Waals surface area contributed by atoms with Crippen molar-refractivity contribution in [1.29, 1.82) is 0 Å². The fourth-order valence-corrected chi connectivity index (χ4v) is 5.12. The molecule has 3 heteroatoms. The highest BCUT2D eigenvalue weighted by Gasteiger charge is 2.48. The normalized spacial score (nSPS) is 41.4. The van der Waals surface area contributed by atoms with E-state index in [1.807, 2.05) is 13.8 Å². The average Bonchev–Trinajstić information content (AvgIpc) is 2.75. The summed E-state index contributed by atoms with van der Waals surface area (Å²) in [6.07, 6.45) is 4.88. The molecule has 6 atom stereocenters. The fourth-order valence-electron chi connectivity index (χ4n) is 5.12. The molecule has 3 rings (SSSR count). The molecule has 3 aliphatic rings. The van der Waals surface area contributed by atoms with Gasteiger partial charge in [0.1, 0.15) is 0 Å². The van der Waals surface area contributed by atoms with E-state index in [-0.39, 0.29) is 18.0 Å². The molecule has 22 heavy (non-hydrogen) atoms. The maximum Gasteiger partial charge on any atom is 0.310 e. The maximum atomic E-state index is 11.9. The molecule has 0 radical (unpaired) electrons. The van der Waals surface area contributed by atoms with Crippen molar-refractivity contribution in [2.75, 3.05) is 0 Å². The summed E-state index contributed by atoms with van der Waals surface area (Å²) in [5.41, 5.74) is 2.58. The van der Waals surface area contributed by atoms with Crippen LogP contribution in [-0.2, 0) is 14.3 Å². The molecule has 2 fully saturated rings. The number of fused-ring (bicyclic) bond motifs is 2. The summed E-state index contributed by atoms with van der Waals surface area (Å²) in [5.74, 6) is 2.64. The third kappa shape index (κ3) is 2.62. The third-order valence-electron chi connectivity index (χ3n) is 6.16. The van der Waals surface area contributed by atoms with Crippen LogP contribution in [0.15, 0.2) is 11.1 Å². The van der Waals surface area contributed by atoms with Gasteiger partial charge in [0.15, 0.2) is 0 Å². The zero-order chi connectivity index (χ0) is 16.0. The van der Waals surface area contributed by atoms with E-state index in [9.17, 15) is 4.79 Å². The third-order valence-corrected chi connectivity index (χ3v) is 6.16. The highest BCUT2D eigenvalue weighted by molar-refractivity contribution is 5.72. The summed E-state index contributed by atoms with van der Waals surface area (Å²) in [7, 11) is 0. The van der Waals surface area contributed by atoms with Gasteiger partial charge in [0.25, 0.3) is 0 Å². The van der Waals surface area contributed by atoms with Crippen LogP contribution >= 0.6 is 0 Å². The highest BCUT2D eigenvalue weighted by Crippen LogP contribution is 2.52. The Morgan fingerprint density at radius 2 is 2.00 bits per heavy atom. The van der Waals surface area contributed by atoms with Gasteiger partial charge in [0.05, 0.1) is 12.0 Å². The van der Waals surface area contributed by atoms with Crippen molar-refractivity contribution in [3.05, 3.63) is 11.1 Å². The molecular formula is C19H30O3. The molecule has 3 unspecified atom stereocenters. The van der Waals surface area contributed by atoms with Crippen LogP contribution in [0.3, 0.4) is 0 Å². The molecule has 2 aliphatic carbocycles. The van der Waals surface area contributed by atoms with Crippen LogP contribution in [0.2, 0.25) is 0 Å². The molecule has 3 nitrogen and oxygen atoms in total. The summed E-state index contributed by atoms with van der Waals surface area (Å²) in [6, 6.07) is 0. The van der Waals surface area contributed by atoms with Gasteiger partial charge in [-0.1, -0.05) is 47.0 Å². The van der Waals surface area contributed by atoms with E-state index < -0.39 is 6.29 Å². The summed E-state index contributed by atoms with van der Waals surface area (Å²) in [5, 5.41) is 0. The van der Waals surface area contributed by atoms with Crippen LogP contribution < -0.4 is 0 Å². The zero-order valence-electron chi connectivity index (χ0n) is 14.6. The molecule has 0 N–H and O–H groups in total. The summed E-state index contributed by atoms with van der Waals surface area (Å²) < 4.78 is 11.7. The molecule has 0 spiro atoms. The lowest BCUT2D eigenvalue weighted by atomic mass is 9.59. The van der Waals surface area contributed by atoms with E-state index in [4.69, 9.17) is 9.47 Å². The van der Waals surface area contributed by atoms with Crippen LogP contribution in [-0.4, -0.2) is 18.4 Å². The molecule has 0 aromatic carbocycles. The standard InChI is InChI=1S/C19H30O3/c1-10(2)18(20)22-19-13(5)17-12(4)16-11(3)7-6-8-14(16)9-15(17)21-19/h10-12,14-16,19H,6-9H2,1-5H3/t11-,12-,14?,15+,16?,19?/m0/s1. The Morgan fingerprint density at radius 3 is 2.68 bits per heavy atom. The Hall–Kier alpha value is -0.830. The predicted molar refractivity (Wildman–Crippen MR) is 86.1 cm³/mol. The van der Waals surface area contributed by atoms with E-state index in [2.05, 4.69) is 20.8 Å². The largest absolute Gasteiger partial charge is 0.431 e. The Bertz CT molecular complexity index is 479. The molecule has 2 saturated carbocycles. The first-order chi connectivity index (χ1) is 10.4. The Kier molecular flexibility index (Phi) is 4.37. The maximum absolute atomic E-state index is 11.9. The highest BCUT2D eigenvalue weighted by atomic mass is 16.7. The summed E-state index contributed by atoms with van der Waals surface area (Å²) in [4.78, 5) is 11.9. The van der Waals surface area contributed by atoms with Gasteiger partial charge >= 0.3 is 5.97 Å². The number of ether oxygens (including phenoxy) is 2. The number of rotatable bonds is 2. The van der Waals surface area contributed by atoms with Gasteiger partial charge in [-0.05, 0) is 48.2 Å². The molecule has 1 heterocycles. The number of esters is 1. The second-order valence-electron chi connectivity index (χ2n) is 7.96. The van der Waals surface area contributed by atoms with E-state index in [1.165, 1.54) is 24.8 Å². The lowest BCUT2D eigenvalue weighted by Gasteiger charge is -2.46. The minimum atomic E-state index is -0.451. The van der Waals surface area contributed by atoms with Crippen LogP contribution in [0.5, 0.6) is 0 Å². The molecule has 0 bridgehead atoms. The van der Waals surface area contributed by atoms with Gasteiger partial charge < -0.3 is 9.47 Å². The molecule has 0 saturated heterocycles. The molecular weight excluding hydrogens is 276 g/mol. The number of carbonyl (C=O) groups excluding carboxylic acids is 1. The quantitative estimate of drug-likeness (QED) is 0.563. The second-order valence-corrected chi connectivity index (χ2v) is 7.96. The van der Waals surface area contributed by atoms with Gasteiger partial charge in [0.2, 0.25) is 6.29 Å². The molecule has 0 aromatic heterocycles. The lowest BCUT2D eigenvalue weighted by molar-refractivity contribution is -0.178. The molecule has 0 amide bonds. The molecule has 0 aromatic rings. The molecule has 1 aliphatic heterocycles. The monoisotopic (exact) mass is 306 g/mol. The minimum absolute atomic E-state index is 0.107. The van der Waals surface area contributed by atoms with E-state index in [0.29, 0.717) is 5.92 Å². The van der Waals surface area contributed by atoms with Crippen LogP contribution in [0.25, 0.3) is 0 Å². The Morgan fingerprint density at radius 1 is 1.27 bits per heavy atom. The van der Waals surface area contributed by atoms with E-state index in [1.54, 1.807) is 0 Å². The van der Waals surface area contributed by atoms with E-state index in [0.717, 1.165) is 29.7 Å². The zero-order valence-corrected chi connectivity index (χ0v) is 14.6. The van der Waals surface area contributed by atoms with Crippen molar-refractivity contribution in [2.45, 2.75) is 72.7 Å². The van der Waals surface area contributed by atoms with Crippen molar-refractivity contribution >= 4 is 5.97 Å². The van der Waals surface area contributed by atoms with Crippen molar-refractivity contribution in [3.8, 4) is 0 Å². The fraction of sp³-hybridized carbons (Fsp3) is 0.842. The van der Waals surface area contributed by atoms with Crippen molar-refractivity contribution in [3.63, 3.8) is 0 Å². The first-order valence-electron chi connectivity index (χ1n) is 8.96. The first kappa shape index (κ1) is 16.0. The van der Waals surface area contributed by atoms with Crippen molar-refractivity contribution in [2.24, 2.45) is 29.6 Å². The first-order valence-corrected chi connectivity index (χ1v) is 8.96. The number of carbonyl (C=O) groups is 1. The summed E-state index contributed by atoms with van der Waals surface area (Å²) in [6.45, 7) is 10.6. The second kappa shape index (κ2) is 5.99.